The van der Waals surface area contributed by atoms with Crippen LogP contribution < -0.4 is 0 Å². The lowest BCUT2D eigenvalue weighted by atomic mass is 9.88. The van der Waals surface area contributed by atoms with E-state index in [0.29, 0.717) is 6.54 Å². The smallest absolute Gasteiger partial charge is 0.414 e. The number of Topliss-reactive ketones (excluding diaryl/α,β-unsaturated/α-hetero) is 1. The maximum atomic E-state index is 13.3. The van der Waals surface area contributed by atoms with E-state index in [0.717, 1.165) is 24.2 Å². The van der Waals surface area contributed by atoms with Gasteiger partial charge in [0.15, 0.2) is 5.78 Å². The van der Waals surface area contributed by atoms with E-state index in [-0.39, 0.29) is 31.8 Å². The maximum absolute atomic E-state index is 13.3. The first-order valence-electron chi connectivity index (χ1n) is 11.9. The third kappa shape index (κ3) is 8.90. The van der Waals surface area contributed by atoms with Gasteiger partial charge in [-0.15, -0.1) is 0 Å². The summed E-state index contributed by atoms with van der Waals surface area (Å²) < 4.78 is 11.7. The first-order chi connectivity index (χ1) is 17.3. The molecule has 0 aromatic heterocycles. The van der Waals surface area contributed by atoms with Crippen molar-refractivity contribution in [2.45, 2.75) is 44.8 Å². The van der Waals surface area contributed by atoms with Crippen LogP contribution in [-0.2, 0) is 41.7 Å². The highest BCUT2D eigenvalue weighted by Crippen LogP contribution is 2.25. The van der Waals surface area contributed by atoms with Gasteiger partial charge in [0.2, 0.25) is 5.60 Å². The summed E-state index contributed by atoms with van der Waals surface area (Å²) in [5, 5.41) is 14.8. The second-order valence-electron chi connectivity index (χ2n) is 8.34. The van der Waals surface area contributed by atoms with Gasteiger partial charge in [0.1, 0.15) is 6.61 Å². The number of carbonyl (C=O) groups is 4. The lowest BCUT2D eigenvalue weighted by Gasteiger charge is -2.30. The Bertz CT molecular complexity index is 977. The fourth-order valence-corrected chi connectivity index (χ4v) is 3.81. The summed E-state index contributed by atoms with van der Waals surface area (Å²) in [5.41, 5.74) is 0.129. The fraction of sp³-hybridized carbons (Fsp3) is 0.407. The van der Waals surface area contributed by atoms with E-state index >= 15 is 0 Å². The van der Waals surface area contributed by atoms with Crippen molar-refractivity contribution in [1.82, 2.24) is 4.90 Å². The number of ether oxygens (including phenoxy) is 2. The molecule has 9 nitrogen and oxygen atoms in total. The van der Waals surface area contributed by atoms with E-state index in [9.17, 15) is 9.59 Å². The molecule has 0 amide bonds. The largest absolute Gasteiger partial charge is 0.473 e. The molecule has 9 heteroatoms. The van der Waals surface area contributed by atoms with Gasteiger partial charge in [-0.3, -0.25) is 9.69 Å². The van der Waals surface area contributed by atoms with E-state index in [1.807, 2.05) is 60.7 Å². The number of carboxylic acids is 2. The third-order valence-corrected chi connectivity index (χ3v) is 5.75. The molecule has 2 aromatic rings. The van der Waals surface area contributed by atoms with Crippen LogP contribution in [-0.4, -0.2) is 70.6 Å². The van der Waals surface area contributed by atoms with E-state index < -0.39 is 23.5 Å². The molecule has 0 saturated carbocycles. The standard InChI is InChI=1S/C25H31NO4.C2H2O4/c1-2-23(27)25(19-21-11-5-3-6-12-21,30-20-22-13-7-4-8-14-22)24(28)29-18-17-26-15-9-10-16-26;3-1(4)2(5)6/h3-8,11-14H,2,9-10,15-20H2,1H3;(H,3,4)(H,5,6). The van der Waals surface area contributed by atoms with Crippen molar-refractivity contribution in [3.8, 4) is 0 Å². The predicted molar refractivity (Wildman–Crippen MR) is 131 cm³/mol. The van der Waals surface area contributed by atoms with Crippen molar-refractivity contribution < 1.29 is 38.9 Å². The monoisotopic (exact) mass is 499 g/mol. The molecule has 0 spiro atoms. The first kappa shape index (κ1) is 28.7. The van der Waals surface area contributed by atoms with Gasteiger partial charge >= 0.3 is 17.9 Å². The highest BCUT2D eigenvalue weighted by atomic mass is 16.6. The Morgan fingerprint density at radius 2 is 1.39 bits per heavy atom. The second-order valence-corrected chi connectivity index (χ2v) is 8.34. The molecule has 1 aliphatic rings. The van der Waals surface area contributed by atoms with Crippen molar-refractivity contribution in [3.05, 3.63) is 71.8 Å². The Balaban J connectivity index is 0.000000678. The second kappa shape index (κ2) is 14.8. The molecule has 194 valence electrons. The number of ketones is 1. The molecule has 2 aromatic carbocycles. The Morgan fingerprint density at radius 1 is 0.861 bits per heavy atom. The number of hydrogen-bond acceptors (Lipinski definition) is 7. The number of likely N-dealkylation sites (tertiary alicyclic amines) is 1. The number of rotatable bonds is 11. The highest BCUT2D eigenvalue weighted by molar-refractivity contribution is 6.27. The van der Waals surface area contributed by atoms with Crippen LogP contribution in [0.5, 0.6) is 0 Å². The van der Waals surface area contributed by atoms with E-state index in [4.69, 9.17) is 29.3 Å². The molecule has 0 aliphatic carbocycles. The summed E-state index contributed by atoms with van der Waals surface area (Å²) in [6, 6.07) is 19.1. The highest BCUT2D eigenvalue weighted by Gasteiger charge is 2.47. The van der Waals surface area contributed by atoms with Gasteiger partial charge in [-0.1, -0.05) is 67.6 Å². The summed E-state index contributed by atoms with van der Waals surface area (Å²) in [7, 11) is 0. The molecule has 1 atom stereocenters. The minimum Gasteiger partial charge on any atom is -0.473 e. The molecule has 1 saturated heterocycles. The molecule has 1 heterocycles. The van der Waals surface area contributed by atoms with Crippen LogP contribution >= 0.6 is 0 Å². The first-order valence-corrected chi connectivity index (χ1v) is 11.9. The predicted octanol–water partition coefficient (Wildman–Crippen LogP) is 2.96. The van der Waals surface area contributed by atoms with Gasteiger partial charge in [0.05, 0.1) is 6.61 Å². The molecule has 1 fully saturated rings. The Hall–Kier alpha value is -3.56. The number of benzene rings is 2. The third-order valence-electron chi connectivity index (χ3n) is 5.75. The zero-order valence-corrected chi connectivity index (χ0v) is 20.4. The normalized spacial score (nSPS) is 14.7. The van der Waals surface area contributed by atoms with Crippen molar-refractivity contribution in [2.75, 3.05) is 26.2 Å². The van der Waals surface area contributed by atoms with Crippen LogP contribution in [0.3, 0.4) is 0 Å². The zero-order chi connectivity index (χ0) is 26.4. The van der Waals surface area contributed by atoms with Crippen LogP contribution in [0.2, 0.25) is 0 Å². The fourth-order valence-electron chi connectivity index (χ4n) is 3.81. The molecule has 36 heavy (non-hydrogen) atoms. The number of esters is 1. The Labute approximate surface area is 210 Å². The van der Waals surface area contributed by atoms with Crippen LogP contribution in [0.15, 0.2) is 60.7 Å². The maximum Gasteiger partial charge on any atom is 0.414 e. The zero-order valence-electron chi connectivity index (χ0n) is 20.4. The molecule has 3 rings (SSSR count). The van der Waals surface area contributed by atoms with Gasteiger partial charge in [-0.25, -0.2) is 14.4 Å². The number of aliphatic carboxylic acids is 2. The summed E-state index contributed by atoms with van der Waals surface area (Å²) in [4.78, 5) is 46.8. The minimum atomic E-state index is -1.82. The average Bonchev–Trinajstić information content (AvgIpc) is 3.41. The van der Waals surface area contributed by atoms with Crippen molar-refractivity contribution >= 4 is 23.7 Å². The molecule has 1 aliphatic heterocycles. The summed E-state index contributed by atoms with van der Waals surface area (Å²) in [5.74, 6) is -4.49. The average molecular weight is 500 g/mol. The van der Waals surface area contributed by atoms with Crippen LogP contribution in [0.1, 0.15) is 37.3 Å². The molecule has 1 unspecified atom stereocenters. The minimum absolute atomic E-state index is 0.163. The summed E-state index contributed by atoms with van der Waals surface area (Å²) in [6.45, 7) is 4.94. The van der Waals surface area contributed by atoms with E-state index in [1.54, 1.807) is 6.92 Å². The Kier molecular flexibility index (Phi) is 11.7. The van der Waals surface area contributed by atoms with E-state index in [2.05, 4.69) is 4.90 Å². The van der Waals surface area contributed by atoms with Crippen LogP contribution in [0, 0.1) is 0 Å². The number of nitrogens with zero attached hydrogens (tertiary/aromatic N) is 1. The van der Waals surface area contributed by atoms with Crippen LogP contribution in [0.4, 0.5) is 0 Å². The molecule has 0 radical (unpaired) electrons. The van der Waals surface area contributed by atoms with Crippen LogP contribution in [0.25, 0.3) is 0 Å². The molecular weight excluding hydrogens is 466 g/mol. The SMILES string of the molecule is CCC(=O)C(Cc1ccccc1)(OCc1ccccc1)C(=O)OCCN1CCCC1.O=C(O)C(=O)O. The van der Waals surface area contributed by atoms with Gasteiger partial charge in [-0.2, -0.15) is 0 Å². The lowest BCUT2D eigenvalue weighted by Crippen LogP contribution is -2.52. The van der Waals surface area contributed by atoms with Crippen molar-refractivity contribution in [2.24, 2.45) is 0 Å². The number of carbonyl (C=O) groups excluding carboxylic acids is 2. The Morgan fingerprint density at radius 3 is 1.89 bits per heavy atom. The van der Waals surface area contributed by atoms with Crippen molar-refractivity contribution in [1.29, 1.82) is 0 Å². The van der Waals surface area contributed by atoms with Gasteiger partial charge in [0.25, 0.3) is 0 Å². The molecule has 0 bridgehead atoms. The molecule has 2 N–H and O–H groups in total. The topological polar surface area (TPSA) is 130 Å². The van der Waals surface area contributed by atoms with Crippen molar-refractivity contribution in [3.63, 3.8) is 0 Å². The summed E-state index contributed by atoms with van der Waals surface area (Å²) in [6.07, 6.45) is 2.72. The van der Waals surface area contributed by atoms with E-state index in [1.165, 1.54) is 12.8 Å². The van der Waals surface area contributed by atoms with Gasteiger partial charge < -0.3 is 19.7 Å². The quantitative estimate of drug-likeness (QED) is 0.272. The lowest BCUT2D eigenvalue weighted by molar-refractivity contribution is -0.179. The van der Waals surface area contributed by atoms with Gasteiger partial charge in [0, 0.05) is 19.4 Å². The summed E-state index contributed by atoms with van der Waals surface area (Å²) >= 11 is 0. The molecular formula is C27H33NO8. The number of carboxylic acid groups (broad SMARTS) is 2. The number of hydrogen-bond donors (Lipinski definition) is 2. The van der Waals surface area contributed by atoms with Gasteiger partial charge in [-0.05, 0) is 37.1 Å².